The molecule has 2 aromatic carbocycles. The van der Waals surface area contributed by atoms with E-state index in [1.54, 1.807) is 17.0 Å². The molecular weight excluding hydrogens is 406 g/mol. The Bertz CT molecular complexity index is 1090. The number of amides is 2. The van der Waals surface area contributed by atoms with E-state index in [0.717, 1.165) is 25.0 Å². The Labute approximate surface area is 177 Å². The second-order valence-corrected chi connectivity index (χ2v) is 7.24. The Hall–Kier alpha value is -3.62. The molecule has 2 heterocycles. The summed E-state index contributed by atoms with van der Waals surface area (Å²) in [6.45, 7) is 0.605. The number of benzene rings is 2. The first-order chi connectivity index (χ1) is 15.0. The molecule has 0 bridgehead atoms. The molecule has 1 atom stereocenters. The zero-order valence-corrected chi connectivity index (χ0v) is 16.6. The van der Waals surface area contributed by atoms with Gasteiger partial charge in [-0.05, 0) is 37.1 Å². The van der Waals surface area contributed by atoms with E-state index in [4.69, 9.17) is 4.52 Å². The van der Waals surface area contributed by atoms with Crippen molar-refractivity contribution in [2.75, 3.05) is 11.9 Å². The highest BCUT2D eigenvalue weighted by molar-refractivity contribution is 5.94. The molecule has 4 rings (SSSR count). The maximum absolute atomic E-state index is 13.6. The van der Waals surface area contributed by atoms with Gasteiger partial charge in [-0.2, -0.15) is 4.98 Å². The Morgan fingerprint density at radius 3 is 2.74 bits per heavy atom. The zero-order chi connectivity index (χ0) is 21.8. The van der Waals surface area contributed by atoms with Gasteiger partial charge in [0.25, 0.3) is 5.91 Å². The molecule has 1 aliphatic rings. The summed E-state index contributed by atoms with van der Waals surface area (Å²) >= 11 is 0. The number of carbonyl (C=O) groups is 2. The average Bonchev–Trinajstić information content (AvgIpc) is 3.44. The molecule has 0 saturated carbocycles. The molecule has 1 fully saturated rings. The van der Waals surface area contributed by atoms with Gasteiger partial charge in [-0.3, -0.25) is 9.59 Å². The lowest BCUT2D eigenvalue weighted by Gasteiger charge is -2.22. The van der Waals surface area contributed by atoms with Crippen molar-refractivity contribution < 1.29 is 22.9 Å². The number of nitrogens with zero attached hydrogens (tertiary/aromatic N) is 3. The minimum absolute atomic E-state index is 0.0181. The van der Waals surface area contributed by atoms with Crippen LogP contribution in [0.5, 0.6) is 0 Å². The predicted octanol–water partition coefficient (Wildman–Crippen LogP) is 3.90. The summed E-state index contributed by atoms with van der Waals surface area (Å²) in [7, 11) is 0. The van der Waals surface area contributed by atoms with Gasteiger partial charge in [0, 0.05) is 31.0 Å². The fraction of sp³-hybridized carbons (Fsp3) is 0.273. The summed E-state index contributed by atoms with van der Waals surface area (Å²) < 4.78 is 31.8. The fourth-order valence-corrected chi connectivity index (χ4v) is 3.55. The van der Waals surface area contributed by atoms with E-state index in [0.29, 0.717) is 24.0 Å². The van der Waals surface area contributed by atoms with E-state index >= 15 is 0 Å². The number of nitrogens with one attached hydrogen (secondary N) is 1. The lowest BCUT2D eigenvalue weighted by Crippen LogP contribution is -2.31. The van der Waals surface area contributed by atoms with Crippen molar-refractivity contribution >= 4 is 17.5 Å². The van der Waals surface area contributed by atoms with Crippen molar-refractivity contribution in [1.82, 2.24) is 15.0 Å². The van der Waals surface area contributed by atoms with Crippen molar-refractivity contribution in [3.63, 3.8) is 0 Å². The van der Waals surface area contributed by atoms with Crippen molar-refractivity contribution in [2.45, 2.75) is 31.7 Å². The number of carbonyl (C=O) groups excluding carboxylic acids is 2. The van der Waals surface area contributed by atoms with Crippen LogP contribution >= 0.6 is 0 Å². The highest BCUT2D eigenvalue weighted by Crippen LogP contribution is 2.31. The second-order valence-electron chi connectivity index (χ2n) is 7.24. The molecule has 1 N–H and O–H groups in total. The summed E-state index contributed by atoms with van der Waals surface area (Å²) in [6, 6.07) is 11.6. The van der Waals surface area contributed by atoms with Crippen LogP contribution in [-0.2, 0) is 11.2 Å². The van der Waals surface area contributed by atoms with Gasteiger partial charge in [0.2, 0.25) is 11.8 Å². The van der Waals surface area contributed by atoms with E-state index < -0.39 is 17.5 Å². The Balaban J connectivity index is 1.36. The lowest BCUT2D eigenvalue weighted by atomic mass is 10.1. The third-order valence-electron chi connectivity index (χ3n) is 5.09. The molecule has 1 unspecified atom stereocenters. The number of likely N-dealkylation sites (tertiary alicyclic amines) is 1. The summed E-state index contributed by atoms with van der Waals surface area (Å²) in [5, 5.41) is 6.38. The molecule has 1 aromatic heterocycles. The number of aryl methyl sites for hydroxylation is 1. The van der Waals surface area contributed by atoms with E-state index in [1.165, 1.54) is 0 Å². The Morgan fingerprint density at radius 1 is 1.16 bits per heavy atom. The maximum Gasteiger partial charge on any atom is 0.254 e. The van der Waals surface area contributed by atoms with Crippen LogP contribution in [0.1, 0.15) is 47.4 Å². The molecule has 31 heavy (non-hydrogen) atoms. The molecule has 2 amide bonds. The standard InChI is InChI=1S/C22H20F2N4O3/c23-15-8-9-17(16(24)13-15)25-19(29)10-11-20-26-21(27-31-20)18-7-4-12-28(18)22(30)14-5-2-1-3-6-14/h1-3,5-6,8-9,13,18H,4,7,10-12H2,(H,25,29). The van der Waals surface area contributed by atoms with Gasteiger partial charge in [-0.1, -0.05) is 23.4 Å². The van der Waals surface area contributed by atoms with Gasteiger partial charge in [0.05, 0.1) is 11.7 Å². The van der Waals surface area contributed by atoms with Gasteiger partial charge in [-0.25, -0.2) is 8.78 Å². The van der Waals surface area contributed by atoms with E-state index in [1.807, 2.05) is 18.2 Å². The zero-order valence-electron chi connectivity index (χ0n) is 16.6. The number of rotatable bonds is 6. The largest absolute Gasteiger partial charge is 0.339 e. The van der Waals surface area contributed by atoms with Gasteiger partial charge >= 0.3 is 0 Å². The van der Waals surface area contributed by atoms with Crippen LogP contribution in [0.25, 0.3) is 0 Å². The lowest BCUT2D eigenvalue weighted by molar-refractivity contribution is -0.116. The van der Waals surface area contributed by atoms with E-state index in [-0.39, 0.29) is 36.4 Å². The maximum atomic E-state index is 13.6. The predicted molar refractivity (Wildman–Crippen MR) is 107 cm³/mol. The highest BCUT2D eigenvalue weighted by atomic mass is 19.1. The summed E-state index contributed by atoms with van der Waals surface area (Å²) in [4.78, 5) is 31.0. The summed E-state index contributed by atoms with van der Waals surface area (Å²) in [5.74, 6) is -1.47. The van der Waals surface area contributed by atoms with Crippen LogP contribution in [0.2, 0.25) is 0 Å². The quantitative estimate of drug-likeness (QED) is 0.646. The van der Waals surface area contributed by atoms with Crippen LogP contribution in [0.4, 0.5) is 14.5 Å². The molecule has 1 aliphatic heterocycles. The van der Waals surface area contributed by atoms with Crippen molar-refractivity contribution in [1.29, 1.82) is 0 Å². The first kappa shape index (κ1) is 20.6. The molecule has 0 radical (unpaired) electrons. The van der Waals surface area contributed by atoms with E-state index in [2.05, 4.69) is 15.5 Å². The minimum atomic E-state index is -0.849. The first-order valence-corrected chi connectivity index (χ1v) is 9.94. The Kier molecular flexibility index (Phi) is 6.01. The van der Waals surface area contributed by atoms with Gasteiger partial charge in [-0.15, -0.1) is 0 Å². The monoisotopic (exact) mass is 426 g/mol. The van der Waals surface area contributed by atoms with Crippen molar-refractivity contribution in [3.8, 4) is 0 Å². The minimum Gasteiger partial charge on any atom is -0.339 e. The second kappa shape index (κ2) is 9.03. The van der Waals surface area contributed by atoms with Crippen molar-refractivity contribution in [2.24, 2.45) is 0 Å². The Morgan fingerprint density at radius 2 is 1.97 bits per heavy atom. The average molecular weight is 426 g/mol. The van der Waals surface area contributed by atoms with Gasteiger partial charge < -0.3 is 14.7 Å². The topological polar surface area (TPSA) is 88.3 Å². The molecule has 160 valence electrons. The number of aromatic nitrogens is 2. The van der Waals surface area contributed by atoms with Crippen molar-refractivity contribution in [3.05, 3.63) is 77.4 Å². The van der Waals surface area contributed by atoms with Crippen LogP contribution in [0, 0.1) is 11.6 Å². The van der Waals surface area contributed by atoms with Crippen LogP contribution < -0.4 is 5.32 Å². The first-order valence-electron chi connectivity index (χ1n) is 9.94. The van der Waals surface area contributed by atoms with E-state index in [9.17, 15) is 18.4 Å². The smallest absolute Gasteiger partial charge is 0.254 e. The molecule has 3 aromatic rings. The molecule has 7 nitrogen and oxygen atoms in total. The SMILES string of the molecule is O=C(CCc1nc(C2CCCN2C(=O)c2ccccc2)no1)Nc1ccc(F)cc1F. The summed E-state index contributed by atoms with van der Waals surface area (Å²) in [5.41, 5.74) is 0.501. The fourth-order valence-electron chi connectivity index (χ4n) is 3.55. The number of hydrogen-bond acceptors (Lipinski definition) is 5. The molecule has 0 aliphatic carbocycles. The van der Waals surface area contributed by atoms with Gasteiger partial charge in [0.1, 0.15) is 11.6 Å². The highest BCUT2D eigenvalue weighted by Gasteiger charge is 2.33. The van der Waals surface area contributed by atoms with Crippen LogP contribution in [0.15, 0.2) is 53.1 Å². The van der Waals surface area contributed by atoms with Gasteiger partial charge in [0.15, 0.2) is 5.82 Å². The molecular formula is C22H20F2N4O3. The van der Waals surface area contributed by atoms with Crippen LogP contribution in [0.3, 0.4) is 0 Å². The third-order valence-corrected chi connectivity index (χ3v) is 5.09. The van der Waals surface area contributed by atoms with Crippen LogP contribution in [-0.4, -0.2) is 33.4 Å². The molecule has 1 saturated heterocycles. The number of anilines is 1. The third kappa shape index (κ3) is 4.76. The number of hydrogen-bond donors (Lipinski definition) is 1. The molecule has 9 heteroatoms. The molecule has 0 spiro atoms. The number of halogens is 2. The normalized spacial score (nSPS) is 15.8. The summed E-state index contributed by atoms with van der Waals surface area (Å²) in [6.07, 6.45) is 1.69.